The molecule has 2 aromatic carbocycles. The molecule has 1 N–H and O–H groups in total. The third kappa shape index (κ3) is 4.68. The van der Waals surface area contributed by atoms with E-state index in [4.69, 9.17) is 9.47 Å². The summed E-state index contributed by atoms with van der Waals surface area (Å²) in [6.45, 7) is 3.24. The SMILES string of the molecule is COc1cnc(-c2ccc(-c3cc(NCCn4c(C)cc5c(OC)cc(F)cc54)ncn3)cc2)nc1. The van der Waals surface area contributed by atoms with E-state index in [1.54, 1.807) is 26.6 Å². The fourth-order valence-electron chi connectivity index (χ4n) is 4.16. The molecule has 0 aliphatic carbocycles. The average molecular weight is 485 g/mol. The molecule has 8 nitrogen and oxygen atoms in total. The molecule has 5 aromatic rings. The van der Waals surface area contributed by atoms with Crippen LogP contribution < -0.4 is 14.8 Å². The fraction of sp³-hybridized carbons (Fsp3) is 0.185. The lowest BCUT2D eigenvalue weighted by Crippen LogP contribution is -2.12. The van der Waals surface area contributed by atoms with Crippen LogP contribution in [-0.2, 0) is 6.54 Å². The van der Waals surface area contributed by atoms with Crippen molar-refractivity contribution in [1.29, 1.82) is 0 Å². The zero-order valence-corrected chi connectivity index (χ0v) is 20.2. The zero-order chi connectivity index (χ0) is 25.1. The van der Waals surface area contributed by atoms with Crippen LogP contribution >= 0.6 is 0 Å². The number of rotatable bonds is 8. The first-order valence-electron chi connectivity index (χ1n) is 11.4. The van der Waals surface area contributed by atoms with Crippen molar-refractivity contribution in [1.82, 2.24) is 24.5 Å². The number of nitrogens with zero attached hydrogens (tertiary/aromatic N) is 5. The molecule has 0 amide bonds. The lowest BCUT2D eigenvalue weighted by molar-refractivity contribution is 0.411. The topological polar surface area (TPSA) is 87.0 Å². The molecule has 0 fully saturated rings. The summed E-state index contributed by atoms with van der Waals surface area (Å²) in [4.78, 5) is 17.4. The number of methoxy groups -OCH3 is 2. The van der Waals surface area contributed by atoms with E-state index in [1.165, 1.54) is 18.5 Å². The van der Waals surface area contributed by atoms with E-state index in [1.807, 2.05) is 43.3 Å². The van der Waals surface area contributed by atoms with Crippen LogP contribution in [0.25, 0.3) is 33.5 Å². The number of ether oxygens (including phenoxy) is 2. The van der Waals surface area contributed by atoms with Crippen molar-refractivity contribution in [3.63, 3.8) is 0 Å². The third-order valence-corrected chi connectivity index (χ3v) is 5.99. The number of benzene rings is 2. The van der Waals surface area contributed by atoms with E-state index < -0.39 is 0 Å². The zero-order valence-electron chi connectivity index (χ0n) is 20.2. The molecule has 0 unspecified atom stereocenters. The van der Waals surface area contributed by atoms with Crippen LogP contribution in [-0.4, -0.2) is 45.3 Å². The van der Waals surface area contributed by atoms with Crippen molar-refractivity contribution in [2.45, 2.75) is 13.5 Å². The lowest BCUT2D eigenvalue weighted by Gasteiger charge is -2.11. The summed E-state index contributed by atoms with van der Waals surface area (Å²) >= 11 is 0. The van der Waals surface area contributed by atoms with Gasteiger partial charge in [-0.25, -0.2) is 24.3 Å². The molecule has 9 heteroatoms. The number of halogens is 1. The predicted octanol–water partition coefficient (Wildman–Crippen LogP) is 5.13. The van der Waals surface area contributed by atoms with Crippen LogP contribution in [0.2, 0.25) is 0 Å². The van der Waals surface area contributed by atoms with Gasteiger partial charge in [-0.05, 0) is 19.1 Å². The van der Waals surface area contributed by atoms with Crippen LogP contribution in [0.3, 0.4) is 0 Å². The molecule has 0 radical (unpaired) electrons. The van der Waals surface area contributed by atoms with E-state index in [0.29, 0.717) is 36.2 Å². The molecule has 36 heavy (non-hydrogen) atoms. The third-order valence-electron chi connectivity index (χ3n) is 5.99. The summed E-state index contributed by atoms with van der Waals surface area (Å²) in [7, 11) is 3.13. The van der Waals surface area contributed by atoms with Gasteiger partial charge in [0.15, 0.2) is 11.6 Å². The smallest absolute Gasteiger partial charge is 0.159 e. The molecule has 0 saturated heterocycles. The monoisotopic (exact) mass is 484 g/mol. The summed E-state index contributed by atoms with van der Waals surface area (Å²) in [5.41, 5.74) is 4.48. The molecule has 0 bridgehead atoms. The number of nitrogens with one attached hydrogen (secondary N) is 1. The Labute approximate surface area is 207 Å². The van der Waals surface area contributed by atoms with Crippen molar-refractivity contribution in [2.24, 2.45) is 0 Å². The van der Waals surface area contributed by atoms with Gasteiger partial charge in [0.2, 0.25) is 0 Å². The Morgan fingerprint density at radius 3 is 2.36 bits per heavy atom. The standard InChI is InChI=1S/C27H25FN6O2/c1-17-10-22-24(11-20(28)12-25(22)36-3)34(17)9-8-29-26-13-23(32-16-33-26)18-4-6-19(7-5-18)27-30-14-21(35-2)15-31-27/h4-7,10-16H,8-9H2,1-3H3,(H,29,32,33). The van der Waals surface area contributed by atoms with Crippen LogP contribution in [0, 0.1) is 12.7 Å². The van der Waals surface area contributed by atoms with Crippen LogP contribution in [0.15, 0.2) is 67.3 Å². The van der Waals surface area contributed by atoms with Crippen LogP contribution in [0.5, 0.6) is 11.5 Å². The van der Waals surface area contributed by atoms with Gasteiger partial charge in [0, 0.05) is 47.4 Å². The van der Waals surface area contributed by atoms with Gasteiger partial charge in [0.1, 0.15) is 23.7 Å². The highest BCUT2D eigenvalue weighted by Crippen LogP contribution is 2.30. The Balaban J connectivity index is 1.28. The predicted molar refractivity (Wildman–Crippen MR) is 137 cm³/mol. The number of aromatic nitrogens is 5. The molecular formula is C27H25FN6O2. The quantitative estimate of drug-likeness (QED) is 0.327. The van der Waals surface area contributed by atoms with Crippen molar-refractivity contribution >= 4 is 16.7 Å². The molecule has 0 aliphatic rings. The minimum atomic E-state index is -0.323. The molecule has 0 spiro atoms. The maximum absolute atomic E-state index is 14.1. The summed E-state index contributed by atoms with van der Waals surface area (Å²) in [6, 6.07) is 14.7. The molecule has 0 saturated carbocycles. The summed E-state index contributed by atoms with van der Waals surface area (Å²) in [5, 5.41) is 4.24. The highest BCUT2D eigenvalue weighted by Gasteiger charge is 2.12. The van der Waals surface area contributed by atoms with Crippen LogP contribution in [0.1, 0.15) is 5.69 Å². The van der Waals surface area contributed by atoms with Crippen LogP contribution in [0.4, 0.5) is 10.2 Å². The molecule has 0 atom stereocenters. The molecule has 182 valence electrons. The van der Waals surface area contributed by atoms with Crippen molar-refractivity contribution < 1.29 is 13.9 Å². The van der Waals surface area contributed by atoms with Gasteiger partial charge in [0.05, 0.1) is 37.8 Å². The minimum Gasteiger partial charge on any atom is -0.496 e. The first-order valence-corrected chi connectivity index (χ1v) is 11.4. The Kier molecular flexibility index (Phi) is 6.44. The molecular weight excluding hydrogens is 459 g/mol. The largest absolute Gasteiger partial charge is 0.496 e. The van der Waals surface area contributed by atoms with Gasteiger partial charge in [-0.1, -0.05) is 24.3 Å². The van der Waals surface area contributed by atoms with E-state index in [9.17, 15) is 4.39 Å². The molecule has 5 rings (SSSR count). The van der Waals surface area contributed by atoms with E-state index in [0.717, 1.165) is 33.4 Å². The lowest BCUT2D eigenvalue weighted by atomic mass is 10.1. The summed E-state index contributed by atoms with van der Waals surface area (Å²) < 4.78 is 26.6. The van der Waals surface area contributed by atoms with E-state index in [-0.39, 0.29) is 5.82 Å². The first-order chi connectivity index (χ1) is 17.6. The second-order valence-electron chi connectivity index (χ2n) is 8.22. The van der Waals surface area contributed by atoms with Gasteiger partial charge in [-0.15, -0.1) is 0 Å². The van der Waals surface area contributed by atoms with E-state index >= 15 is 0 Å². The highest BCUT2D eigenvalue weighted by molar-refractivity contribution is 5.87. The fourth-order valence-corrected chi connectivity index (χ4v) is 4.16. The molecule has 0 aliphatic heterocycles. The number of fused-ring (bicyclic) bond motifs is 1. The molecule has 3 heterocycles. The maximum Gasteiger partial charge on any atom is 0.159 e. The second-order valence-corrected chi connectivity index (χ2v) is 8.22. The Morgan fingerprint density at radius 2 is 1.64 bits per heavy atom. The normalized spacial score (nSPS) is 11.0. The number of anilines is 1. The Morgan fingerprint density at radius 1 is 0.889 bits per heavy atom. The van der Waals surface area contributed by atoms with Gasteiger partial charge >= 0.3 is 0 Å². The highest BCUT2D eigenvalue weighted by atomic mass is 19.1. The number of hydrogen-bond donors (Lipinski definition) is 1. The second kappa shape index (κ2) is 9.99. The van der Waals surface area contributed by atoms with Gasteiger partial charge in [0.25, 0.3) is 0 Å². The number of hydrogen-bond acceptors (Lipinski definition) is 7. The van der Waals surface area contributed by atoms with Crippen molar-refractivity contribution in [3.05, 3.63) is 78.8 Å². The Hall–Kier alpha value is -4.53. The molecule has 3 aromatic heterocycles. The van der Waals surface area contributed by atoms with Gasteiger partial charge in [-0.2, -0.15) is 0 Å². The van der Waals surface area contributed by atoms with E-state index in [2.05, 4.69) is 29.8 Å². The number of aryl methyl sites for hydroxylation is 1. The van der Waals surface area contributed by atoms with Crippen molar-refractivity contribution in [2.75, 3.05) is 26.1 Å². The van der Waals surface area contributed by atoms with Gasteiger partial charge < -0.3 is 19.4 Å². The first kappa shape index (κ1) is 23.2. The summed E-state index contributed by atoms with van der Waals surface area (Å²) in [5.74, 6) is 2.16. The Bertz CT molecular complexity index is 1500. The minimum absolute atomic E-state index is 0.323. The van der Waals surface area contributed by atoms with Crippen molar-refractivity contribution in [3.8, 4) is 34.1 Å². The average Bonchev–Trinajstić information content (AvgIpc) is 3.23. The summed E-state index contributed by atoms with van der Waals surface area (Å²) in [6.07, 6.45) is 4.82. The van der Waals surface area contributed by atoms with Gasteiger partial charge in [-0.3, -0.25) is 0 Å². The maximum atomic E-state index is 14.1.